The maximum Gasteiger partial charge on any atom is 0.293 e. The standard InChI is InChI=1S/C16H15N2OS/c1-19-13-9-7-12(8-10-13)18-11-17-16(20-2)14-5-3-4-6-15(14)18/h3-11H,1-2H3/q+1. The van der Waals surface area contributed by atoms with Crippen molar-refractivity contribution in [3.8, 4) is 11.4 Å². The van der Waals surface area contributed by atoms with Crippen LogP contribution in [0.3, 0.4) is 0 Å². The van der Waals surface area contributed by atoms with Gasteiger partial charge in [-0.15, -0.1) is 0 Å². The molecular formula is C16H15N2OS+. The Morgan fingerprint density at radius 1 is 1.05 bits per heavy atom. The second-order valence-corrected chi connectivity index (χ2v) is 5.13. The first-order valence-corrected chi connectivity index (χ1v) is 7.54. The molecule has 0 atom stereocenters. The Morgan fingerprint density at radius 2 is 1.80 bits per heavy atom. The molecule has 0 saturated heterocycles. The van der Waals surface area contributed by atoms with Gasteiger partial charge in [-0.1, -0.05) is 23.9 Å². The van der Waals surface area contributed by atoms with Gasteiger partial charge in [0.1, 0.15) is 17.0 Å². The summed E-state index contributed by atoms with van der Waals surface area (Å²) in [5.74, 6) is 0.854. The SMILES string of the molecule is COc1ccc(-[n+]2cnc(SC)c3ccccc32)cc1. The van der Waals surface area contributed by atoms with Crippen LogP contribution in [0.2, 0.25) is 0 Å². The first-order valence-electron chi connectivity index (χ1n) is 6.31. The lowest BCUT2D eigenvalue weighted by atomic mass is 10.2. The van der Waals surface area contributed by atoms with Gasteiger partial charge in [-0.2, -0.15) is 4.57 Å². The van der Waals surface area contributed by atoms with E-state index in [9.17, 15) is 0 Å². The summed E-state index contributed by atoms with van der Waals surface area (Å²) in [7, 11) is 1.67. The third-order valence-electron chi connectivity index (χ3n) is 3.23. The highest BCUT2D eigenvalue weighted by molar-refractivity contribution is 7.98. The number of para-hydroxylation sites is 1. The summed E-state index contributed by atoms with van der Waals surface area (Å²) in [6.07, 6.45) is 3.92. The van der Waals surface area contributed by atoms with E-state index in [1.807, 2.05) is 49.0 Å². The lowest BCUT2D eigenvalue weighted by molar-refractivity contribution is -0.571. The number of hydrogen-bond acceptors (Lipinski definition) is 3. The zero-order valence-corrected chi connectivity index (χ0v) is 12.2. The largest absolute Gasteiger partial charge is 0.497 e. The van der Waals surface area contributed by atoms with E-state index in [-0.39, 0.29) is 0 Å². The average molecular weight is 283 g/mol. The molecule has 0 spiro atoms. The number of hydrogen-bond donors (Lipinski definition) is 0. The Kier molecular flexibility index (Phi) is 3.56. The summed E-state index contributed by atoms with van der Waals surface area (Å²) >= 11 is 1.66. The van der Waals surface area contributed by atoms with Crippen LogP contribution in [-0.2, 0) is 0 Å². The van der Waals surface area contributed by atoms with Crippen LogP contribution in [0, 0.1) is 0 Å². The maximum atomic E-state index is 5.20. The average Bonchev–Trinajstić information content (AvgIpc) is 2.54. The first kappa shape index (κ1) is 12.9. The summed E-state index contributed by atoms with van der Waals surface area (Å²) in [5, 5.41) is 2.21. The van der Waals surface area contributed by atoms with Gasteiger partial charge in [0.25, 0.3) is 6.33 Å². The fraction of sp³-hybridized carbons (Fsp3) is 0.125. The lowest BCUT2D eigenvalue weighted by Gasteiger charge is -2.05. The van der Waals surface area contributed by atoms with Gasteiger partial charge in [-0.25, -0.2) is 0 Å². The molecule has 100 valence electrons. The Bertz CT molecular complexity index is 741. The molecule has 3 rings (SSSR count). The van der Waals surface area contributed by atoms with Crippen molar-refractivity contribution in [1.82, 2.24) is 4.98 Å². The number of benzene rings is 2. The van der Waals surface area contributed by atoms with Gasteiger partial charge in [-0.3, -0.25) is 0 Å². The van der Waals surface area contributed by atoms with Crippen LogP contribution in [0.5, 0.6) is 5.75 Å². The normalized spacial score (nSPS) is 10.7. The van der Waals surface area contributed by atoms with E-state index in [2.05, 4.69) is 21.7 Å². The van der Waals surface area contributed by atoms with Gasteiger partial charge in [0.05, 0.1) is 12.5 Å². The number of methoxy groups -OCH3 is 1. The van der Waals surface area contributed by atoms with Crippen molar-refractivity contribution in [2.75, 3.05) is 13.4 Å². The minimum absolute atomic E-state index is 0.854. The molecule has 0 amide bonds. The fourth-order valence-electron chi connectivity index (χ4n) is 2.22. The molecule has 3 nitrogen and oxygen atoms in total. The van der Waals surface area contributed by atoms with Crippen molar-refractivity contribution >= 4 is 22.7 Å². The Labute approximate surface area is 122 Å². The van der Waals surface area contributed by atoms with E-state index in [0.717, 1.165) is 22.0 Å². The number of ether oxygens (including phenoxy) is 1. The summed E-state index contributed by atoms with van der Waals surface area (Å²) in [6, 6.07) is 16.3. The zero-order valence-electron chi connectivity index (χ0n) is 11.4. The smallest absolute Gasteiger partial charge is 0.293 e. The van der Waals surface area contributed by atoms with Gasteiger partial charge >= 0.3 is 0 Å². The van der Waals surface area contributed by atoms with Gasteiger partial charge in [0.15, 0.2) is 0 Å². The van der Waals surface area contributed by atoms with Crippen molar-refractivity contribution in [1.29, 1.82) is 0 Å². The summed E-state index contributed by atoms with van der Waals surface area (Å²) in [5.41, 5.74) is 2.22. The van der Waals surface area contributed by atoms with Crippen LogP contribution >= 0.6 is 11.8 Å². The number of rotatable bonds is 3. The third kappa shape index (κ3) is 2.23. The van der Waals surface area contributed by atoms with Crippen molar-refractivity contribution in [3.05, 3.63) is 54.9 Å². The highest BCUT2D eigenvalue weighted by Crippen LogP contribution is 2.22. The molecule has 0 unspecified atom stereocenters. The minimum Gasteiger partial charge on any atom is -0.497 e. The number of thioether (sulfide) groups is 1. The molecule has 4 heteroatoms. The molecule has 1 aromatic heterocycles. The Balaban J connectivity index is 2.20. The molecule has 0 aliphatic carbocycles. The number of aromatic nitrogens is 2. The van der Waals surface area contributed by atoms with Crippen LogP contribution in [-0.4, -0.2) is 18.3 Å². The topological polar surface area (TPSA) is 26.0 Å². The molecule has 0 N–H and O–H groups in total. The van der Waals surface area contributed by atoms with Gasteiger partial charge in [-0.05, 0) is 47.6 Å². The highest BCUT2D eigenvalue weighted by Gasteiger charge is 2.14. The molecule has 0 fully saturated rings. The van der Waals surface area contributed by atoms with Crippen molar-refractivity contribution < 1.29 is 9.30 Å². The molecule has 2 aromatic carbocycles. The van der Waals surface area contributed by atoms with Crippen LogP contribution in [0.4, 0.5) is 0 Å². The molecule has 0 aliphatic heterocycles. The molecule has 0 saturated carbocycles. The Morgan fingerprint density at radius 3 is 2.50 bits per heavy atom. The summed E-state index contributed by atoms with van der Waals surface area (Å²) < 4.78 is 7.29. The predicted octanol–water partition coefficient (Wildman–Crippen LogP) is 3.24. The summed E-state index contributed by atoms with van der Waals surface area (Å²) in [4.78, 5) is 4.54. The molecule has 20 heavy (non-hydrogen) atoms. The quantitative estimate of drug-likeness (QED) is 0.419. The fourth-order valence-corrected chi connectivity index (χ4v) is 2.76. The van der Waals surface area contributed by atoms with Gasteiger partial charge in [0, 0.05) is 0 Å². The second-order valence-electron chi connectivity index (χ2n) is 4.34. The monoisotopic (exact) mass is 283 g/mol. The van der Waals surface area contributed by atoms with E-state index in [0.29, 0.717) is 0 Å². The number of nitrogens with zero attached hydrogens (tertiary/aromatic N) is 2. The molecular weight excluding hydrogens is 268 g/mol. The predicted molar refractivity (Wildman–Crippen MR) is 81.6 cm³/mol. The van der Waals surface area contributed by atoms with Crippen molar-refractivity contribution in [3.63, 3.8) is 0 Å². The van der Waals surface area contributed by atoms with Crippen LogP contribution in [0.1, 0.15) is 0 Å². The molecule has 0 aliphatic rings. The minimum atomic E-state index is 0.854. The maximum absolute atomic E-state index is 5.20. The molecule has 3 aromatic rings. The van der Waals surface area contributed by atoms with Crippen LogP contribution in [0.15, 0.2) is 59.9 Å². The van der Waals surface area contributed by atoms with E-state index in [4.69, 9.17) is 4.74 Å². The second kappa shape index (κ2) is 5.51. The first-order chi connectivity index (χ1) is 9.83. The van der Waals surface area contributed by atoms with E-state index < -0.39 is 0 Å². The molecule has 1 heterocycles. The van der Waals surface area contributed by atoms with Gasteiger partial charge in [0.2, 0.25) is 5.03 Å². The van der Waals surface area contributed by atoms with Crippen LogP contribution < -0.4 is 9.30 Å². The lowest BCUT2D eigenvalue weighted by Crippen LogP contribution is -2.32. The number of fused-ring (bicyclic) bond motifs is 1. The van der Waals surface area contributed by atoms with E-state index in [1.54, 1.807) is 18.9 Å². The summed E-state index contributed by atoms with van der Waals surface area (Å²) in [6.45, 7) is 0. The zero-order chi connectivity index (χ0) is 13.9. The van der Waals surface area contributed by atoms with Crippen molar-refractivity contribution in [2.24, 2.45) is 0 Å². The molecule has 0 bridgehead atoms. The Hall–Kier alpha value is -2.07. The highest BCUT2D eigenvalue weighted by atomic mass is 32.2. The van der Waals surface area contributed by atoms with Crippen LogP contribution in [0.25, 0.3) is 16.6 Å². The third-order valence-corrected chi connectivity index (χ3v) is 3.94. The van der Waals surface area contributed by atoms with E-state index >= 15 is 0 Å². The van der Waals surface area contributed by atoms with Gasteiger partial charge < -0.3 is 4.74 Å². The van der Waals surface area contributed by atoms with Crippen molar-refractivity contribution in [2.45, 2.75) is 5.03 Å². The van der Waals surface area contributed by atoms with E-state index in [1.165, 1.54) is 5.39 Å². The molecule has 0 radical (unpaired) electrons.